The number of hydrogen-bond donors (Lipinski definition) is 1. The summed E-state index contributed by atoms with van der Waals surface area (Å²) >= 11 is 0. The van der Waals surface area contributed by atoms with Crippen LogP contribution in [-0.4, -0.2) is 28.8 Å². The Morgan fingerprint density at radius 2 is 1.78 bits per heavy atom. The third-order valence-electron chi connectivity index (χ3n) is 2.88. The third-order valence-corrected chi connectivity index (χ3v) is 2.88. The van der Waals surface area contributed by atoms with Crippen LogP contribution in [-0.2, 0) is 19.2 Å². The molecule has 0 saturated carbocycles. The normalized spacial score (nSPS) is 13.3. The summed E-state index contributed by atoms with van der Waals surface area (Å²) in [7, 11) is 0. The maximum atomic E-state index is 11.9. The van der Waals surface area contributed by atoms with E-state index >= 15 is 0 Å². The summed E-state index contributed by atoms with van der Waals surface area (Å²) in [5, 5.41) is 3.09. The highest BCUT2D eigenvalue weighted by Gasteiger charge is 2.33. The Morgan fingerprint density at radius 1 is 1.17 bits per heavy atom. The summed E-state index contributed by atoms with van der Waals surface area (Å²) in [4.78, 5) is 50.8. The van der Waals surface area contributed by atoms with Crippen LogP contribution in [0.25, 0.3) is 0 Å². The summed E-state index contributed by atoms with van der Waals surface area (Å²) in [5.41, 5.74) is 0.576. The van der Waals surface area contributed by atoms with E-state index in [2.05, 4.69) is 5.32 Å². The lowest BCUT2D eigenvalue weighted by Gasteiger charge is -2.13. The Bertz CT molecular complexity index is 596. The molecule has 1 heterocycles. The Hall–Kier alpha value is -2.70. The molecule has 23 heavy (non-hydrogen) atoms. The van der Waals surface area contributed by atoms with Gasteiger partial charge in [-0.05, 0) is 18.2 Å². The van der Waals surface area contributed by atoms with Crippen molar-refractivity contribution in [3.8, 4) is 0 Å². The SMILES string of the molecule is CC.CCC(=O)Nc1cccc(C(=O)ON2C(=O)CCC2=O)c1. The molecular formula is C16H20N2O5. The van der Waals surface area contributed by atoms with Crippen molar-refractivity contribution >= 4 is 29.4 Å². The van der Waals surface area contributed by atoms with Gasteiger partial charge in [0.15, 0.2) is 0 Å². The summed E-state index contributed by atoms with van der Waals surface area (Å²) in [5.74, 6) is -2.09. The summed E-state index contributed by atoms with van der Waals surface area (Å²) < 4.78 is 0. The van der Waals surface area contributed by atoms with Crippen LogP contribution in [0.15, 0.2) is 24.3 Å². The van der Waals surface area contributed by atoms with E-state index in [4.69, 9.17) is 4.84 Å². The van der Waals surface area contributed by atoms with Gasteiger partial charge < -0.3 is 10.2 Å². The lowest BCUT2D eigenvalue weighted by molar-refractivity contribution is -0.172. The fraction of sp³-hybridized carbons (Fsp3) is 0.375. The van der Waals surface area contributed by atoms with Crippen molar-refractivity contribution < 1.29 is 24.0 Å². The smallest absolute Gasteiger partial charge is 0.326 e. The molecule has 2 rings (SSSR count). The second kappa shape index (κ2) is 8.67. The first-order valence-corrected chi connectivity index (χ1v) is 7.49. The summed E-state index contributed by atoms with van der Waals surface area (Å²) in [6.45, 7) is 5.71. The second-order valence-corrected chi connectivity index (χ2v) is 4.44. The van der Waals surface area contributed by atoms with Gasteiger partial charge in [-0.3, -0.25) is 14.4 Å². The van der Waals surface area contributed by atoms with E-state index in [0.717, 1.165) is 0 Å². The monoisotopic (exact) mass is 320 g/mol. The van der Waals surface area contributed by atoms with Crippen molar-refractivity contribution in [3.63, 3.8) is 0 Å². The molecule has 1 aliphatic heterocycles. The van der Waals surface area contributed by atoms with E-state index < -0.39 is 17.8 Å². The van der Waals surface area contributed by atoms with Gasteiger partial charge in [0, 0.05) is 24.9 Å². The molecule has 1 saturated heterocycles. The number of nitrogens with zero attached hydrogens (tertiary/aromatic N) is 1. The van der Waals surface area contributed by atoms with Gasteiger partial charge in [0.05, 0.1) is 5.56 Å². The van der Waals surface area contributed by atoms with Gasteiger partial charge in [0.25, 0.3) is 11.8 Å². The van der Waals surface area contributed by atoms with Gasteiger partial charge in [-0.15, -0.1) is 5.06 Å². The Balaban J connectivity index is 0.00000127. The molecule has 1 fully saturated rings. The zero-order valence-electron chi connectivity index (χ0n) is 13.4. The van der Waals surface area contributed by atoms with Crippen molar-refractivity contribution in [3.05, 3.63) is 29.8 Å². The highest BCUT2D eigenvalue weighted by molar-refractivity contribution is 6.03. The fourth-order valence-corrected chi connectivity index (χ4v) is 1.77. The predicted octanol–water partition coefficient (Wildman–Crippen LogP) is 2.28. The van der Waals surface area contributed by atoms with Gasteiger partial charge >= 0.3 is 5.97 Å². The number of anilines is 1. The minimum Gasteiger partial charge on any atom is -0.326 e. The Kier molecular flexibility index (Phi) is 6.92. The summed E-state index contributed by atoms with van der Waals surface area (Å²) in [6.07, 6.45) is 0.392. The largest absolute Gasteiger partial charge is 0.363 e. The number of benzene rings is 1. The number of hydroxylamine groups is 2. The molecule has 0 radical (unpaired) electrons. The number of nitrogens with one attached hydrogen (secondary N) is 1. The molecule has 1 aliphatic rings. The molecule has 0 unspecified atom stereocenters. The quantitative estimate of drug-likeness (QED) is 0.859. The second-order valence-electron chi connectivity index (χ2n) is 4.44. The standard InChI is InChI=1S/C14H14N2O5.C2H6/c1-2-11(17)15-10-5-3-4-9(8-10)14(20)21-16-12(18)6-7-13(16)19;1-2/h3-5,8H,2,6-7H2,1H3,(H,15,17);1-2H3. The Morgan fingerprint density at radius 3 is 2.35 bits per heavy atom. The van der Waals surface area contributed by atoms with Gasteiger partial charge in [-0.25, -0.2) is 4.79 Å². The molecule has 0 bridgehead atoms. The predicted molar refractivity (Wildman–Crippen MR) is 83.2 cm³/mol. The van der Waals surface area contributed by atoms with Crippen LogP contribution in [0.1, 0.15) is 50.4 Å². The van der Waals surface area contributed by atoms with Crippen molar-refractivity contribution in [2.45, 2.75) is 40.0 Å². The van der Waals surface area contributed by atoms with E-state index in [0.29, 0.717) is 17.2 Å². The van der Waals surface area contributed by atoms with Crippen LogP contribution in [0.4, 0.5) is 5.69 Å². The molecule has 0 aliphatic carbocycles. The number of amides is 3. The molecule has 1 N–H and O–H groups in total. The maximum Gasteiger partial charge on any atom is 0.363 e. The van der Waals surface area contributed by atoms with E-state index in [1.165, 1.54) is 12.1 Å². The average molecular weight is 320 g/mol. The lowest BCUT2D eigenvalue weighted by Crippen LogP contribution is -2.32. The van der Waals surface area contributed by atoms with E-state index in [-0.39, 0.29) is 24.3 Å². The first kappa shape index (κ1) is 18.3. The van der Waals surface area contributed by atoms with Crippen molar-refractivity contribution in [2.75, 3.05) is 5.32 Å². The molecule has 0 aromatic heterocycles. The molecule has 1 aromatic rings. The lowest BCUT2D eigenvalue weighted by atomic mass is 10.2. The first-order valence-electron chi connectivity index (χ1n) is 7.49. The topological polar surface area (TPSA) is 92.8 Å². The molecular weight excluding hydrogens is 300 g/mol. The molecule has 7 nitrogen and oxygen atoms in total. The van der Waals surface area contributed by atoms with Gasteiger partial charge in [0.1, 0.15) is 0 Å². The average Bonchev–Trinajstić information content (AvgIpc) is 2.88. The van der Waals surface area contributed by atoms with Crippen molar-refractivity contribution in [1.29, 1.82) is 0 Å². The highest BCUT2D eigenvalue weighted by atomic mass is 16.7. The van der Waals surface area contributed by atoms with E-state index in [9.17, 15) is 19.2 Å². The Labute approximate surface area is 134 Å². The van der Waals surface area contributed by atoms with Crippen LogP contribution < -0.4 is 5.32 Å². The molecule has 1 aromatic carbocycles. The minimum atomic E-state index is -0.828. The highest BCUT2D eigenvalue weighted by Crippen LogP contribution is 2.16. The number of carbonyl (C=O) groups is 4. The van der Waals surface area contributed by atoms with Crippen molar-refractivity contribution in [2.24, 2.45) is 0 Å². The van der Waals surface area contributed by atoms with E-state index in [1.807, 2.05) is 13.8 Å². The molecule has 0 atom stereocenters. The number of hydrogen-bond acceptors (Lipinski definition) is 5. The molecule has 0 spiro atoms. The van der Waals surface area contributed by atoms with Crippen LogP contribution in [0.2, 0.25) is 0 Å². The van der Waals surface area contributed by atoms with Gasteiger partial charge in [0.2, 0.25) is 5.91 Å². The minimum absolute atomic E-state index is 0.0404. The number of carbonyl (C=O) groups excluding carboxylic acids is 4. The molecule has 124 valence electrons. The first-order chi connectivity index (χ1) is 11.0. The van der Waals surface area contributed by atoms with Gasteiger partial charge in [-0.1, -0.05) is 26.8 Å². The van der Waals surface area contributed by atoms with Crippen LogP contribution >= 0.6 is 0 Å². The molecule has 3 amide bonds. The number of imide groups is 1. The van der Waals surface area contributed by atoms with Crippen LogP contribution in [0.5, 0.6) is 0 Å². The summed E-state index contributed by atoms with van der Waals surface area (Å²) in [6, 6.07) is 6.07. The van der Waals surface area contributed by atoms with Crippen LogP contribution in [0, 0.1) is 0 Å². The maximum absolute atomic E-state index is 11.9. The zero-order chi connectivity index (χ0) is 17.4. The fourth-order valence-electron chi connectivity index (χ4n) is 1.77. The zero-order valence-corrected chi connectivity index (χ0v) is 13.4. The van der Waals surface area contributed by atoms with Crippen molar-refractivity contribution in [1.82, 2.24) is 5.06 Å². The van der Waals surface area contributed by atoms with Gasteiger partial charge in [-0.2, -0.15) is 0 Å². The van der Waals surface area contributed by atoms with E-state index in [1.54, 1.807) is 19.1 Å². The third kappa shape index (κ3) is 4.91. The van der Waals surface area contributed by atoms with Crippen LogP contribution in [0.3, 0.4) is 0 Å². The molecule has 7 heteroatoms. The number of rotatable bonds is 4.